The van der Waals surface area contributed by atoms with Crippen LogP contribution >= 0.6 is 11.8 Å². The molecule has 2 rings (SSSR count). The van der Waals surface area contributed by atoms with Crippen LogP contribution in [0.5, 0.6) is 0 Å². The Morgan fingerprint density at radius 3 is 2.42 bits per heavy atom. The van der Waals surface area contributed by atoms with E-state index >= 15 is 0 Å². The molecule has 3 N–H and O–H groups in total. The van der Waals surface area contributed by atoms with E-state index in [4.69, 9.17) is 11.8 Å². The molecule has 0 unspecified atom stereocenters. The molecule has 1 aliphatic heterocycles. The van der Waals surface area contributed by atoms with Crippen LogP contribution in [0.25, 0.3) is 0 Å². The number of hydrogen-bond acceptors (Lipinski definition) is 7. The average molecular weight is 286 g/mol. The van der Waals surface area contributed by atoms with Gasteiger partial charge in [0.15, 0.2) is 0 Å². The van der Waals surface area contributed by atoms with Crippen LogP contribution in [0.2, 0.25) is 0 Å². The number of aromatic nitrogens is 3. The third-order valence-electron chi connectivity index (χ3n) is 3.10. The minimum absolute atomic E-state index is 0.335. The van der Waals surface area contributed by atoms with Crippen molar-refractivity contribution >= 4 is 29.6 Å². The third-order valence-corrected chi connectivity index (χ3v) is 3.27. The number of rotatable bonds is 6. The van der Waals surface area contributed by atoms with E-state index in [-0.39, 0.29) is 0 Å². The Morgan fingerprint density at radius 2 is 1.74 bits per heavy atom. The lowest BCUT2D eigenvalue weighted by Gasteiger charge is -2.26. The molecule has 2 heterocycles. The number of hydrogen-bond donors (Lipinski definition) is 3. The van der Waals surface area contributed by atoms with Gasteiger partial charge in [-0.25, -0.2) is 0 Å². The molecular formula is C11H20ClN7. The SMILES string of the molecule is CNc1nc(NCl)nc(NCCN2CCCCC2)n1. The molecule has 0 amide bonds. The molecule has 8 heteroatoms. The minimum Gasteiger partial charge on any atom is -0.357 e. The molecule has 1 saturated heterocycles. The number of anilines is 3. The molecule has 1 aromatic rings. The van der Waals surface area contributed by atoms with Crippen LogP contribution in [0.15, 0.2) is 0 Å². The average Bonchev–Trinajstić information content (AvgIpc) is 2.48. The highest BCUT2D eigenvalue weighted by molar-refractivity contribution is 6.23. The van der Waals surface area contributed by atoms with Gasteiger partial charge in [0.1, 0.15) is 0 Å². The quantitative estimate of drug-likeness (QED) is 0.682. The summed E-state index contributed by atoms with van der Waals surface area (Å²) in [5, 5.41) is 6.07. The normalized spacial score (nSPS) is 16.1. The third kappa shape index (κ3) is 4.36. The number of likely N-dealkylation sites (tertiary alicyclic amines) is 1. The number of halogens is 1. The zero-order chi connectivity index (χ0) is 13.5. The maximum absolute atomic E-state index is 5.52. The van der Waals surface area contributed by atoms with Crippen LogP contribution in [0, 0.1) is 0 Å². The molecule has 0 radical (unpaired) electrons. The summed E-state index contributed by atoms with van der Waals surface area (Å²) in [5.41, 5.74) is 0. The second kappa shape index (κ2) is 7.30. The summed E-state index contributed by atoms with van der Waals surface area (Å²) in [6, 6.07) is 0. The summed E-state index contributed by atoms with van der Waals surface area (Å²) in [4.78, 5) is 17.3. The van der Waals surface area contributed by atoms with Crippen molar-refractivity contribution < 1.29 is 0 Å². The largest absolute Gasteiger partial charge is 0.357 e. The predicted octanol–water partition coefficient (Wildman–Crippen LogP) is 1.38. The van der Waals surface area contributed by atoms with E-state index in [1.54, 1.807) is 7.05 Å². The Balaban J connectivity index is 1.84. The van der Waals surface area contributed by atoms with Crippen molar-refractivity contribution in [1.29, 1.82) is 0 Å². The fraction of sp³-hybridized carbons (Fsp3) is 0.727. The Labute approximate surface area is 118 Å². The van der Waals surface area contributed by atoms with Gasteiger partial charge in [-0.15, -0.1) is 0 Å². The Kier molecular flexibility index (Phi) is 5.41. The molecule has 7 nitrogen and oxygen atoms in total. The van der Waals surface area contributed by atoms with E-state index in [0.29, 0.717) is 17.8 Å². The minimum atomic E-state index is 0.335. The second-order valence-corrected chi connectivity index (χ2v) is 4.67. The monoisotopic (exact) mass is 285 g/mol. The summed E-state index contributed by atoms with van der Waals surface area (Å²) in [5.74, 6) is 1.35. The molecule has 1 fully saturated rings. The summed E-state index contributed by atoms with van der Waals surface area (Å²) in [6.45, 7) is 4.20. The summed E-state index contributed by atoms with van der Waals surface area (Å²) >= 11 is 5.52. The number of piperidine rings is 1. The van der Waals surface area contributed by atoms with Crippen LogP contribution in [0.1, 0.15) is 19.3 Å². The first-order valence-electron chi connectivity index (χ1n) is 6.58. The van der Waals surface area contributed by atoms with Gasteiger partial charge in [0.25, 0.3) is 0 Å². The Bertz CT molecular complexity index is 372. The van der Waals surface area contributed by atoms with Gasteiger partial charge >= 0.3 is 0 Å². The highest BCUT2D eigenvalue weighted by Crippen LogP contribution is 2.10. The first-order valence-corrected chi connectivity index (χ1v) is 6.96. The predicted molar refractivity (Wildman–Crippen MR) is 77.6 cm³/mol. The van der Waals surface area contributed by atoms with E-state index in [1.165, 1.54) is 32.4 Å². The van der Waals surface area contributed by atoms with Crippen LogP contribution in [0.4, 0.5) is 17.8 Å². The van der Waals surface area contributed by atoms with Crippen LogP contribution < -0.4 is 15.5 Å². The lowest BCUT2D eigenvalue weighted by molar-refractivity contribution is 0.237. The first kappa shape index (κ1) is 14.1. The van der Waals surface area contributed by atoms with Crippen molar-refractivity contribution in [3.63, 3.8) is 0 Å². The van der Waals surface area contributed by atoms with Gasteiger partial charge in [0.2, 0.25) is 17.8 Å². The molecule has 0 spiro atoms. The van der Waals surface area contributed by atoms with E-state index in [1.807, 2.05) is 0 Å². The van der Waals surface area contributed by atoms with Crippen molar-refractivity contribution in [3.05, 3.63) is 0 Å². The molecule has 0 saturated carbocycles. The maximum Gasteiger partial charge on any atom is 0.244 e. The molecule has 19 heavy (non-hydrogen) atoms. The second-order valence-electron chi connectivity index (χ2n) is 4.48. The van der Waals surface area contributed by atoms with Gasteiger partial charge in [-0.3, -0.25) is 4.84 Å². The Morgan fingerprint density at radius 1 is 1.05 bits per heavy atom. The number of nitrogens with one attached hydrogen (secondary N) is 3. The summed E-state index contributed by atoms with van der Waals surface area (Å²) < 4.78 is 0. The van der Waals surface area contributed by atoms with Gasteiger partial charge in [0.05, 0.1) is 0 Å². The van der Waals surface area contributed by atoms with Crippen molar-refractivity contribution in [3.8, 4) is 0 Å². The lowest BCUT2D eigenvalue weighted by Crippen LogP contribution is -2.33. The molecule has 1 aromatic heterocycles. The van der Waals surface area contributed by atoms with E-state index in [0.717, 1.165) is 13.1 Å². The zero-order valence-electron chi connectivity index (χ0n) is 11.1. The maximum atomic E-state index is 5.52. The standard InChI is InChI=1S/C11H20ClN7/c1-13-9-15-10(17-11(16-9)18-12)14-5-8-19-6-3-2-4-7-19/h2-8H2,1H3,(H3,13,14,15,16,17,18). The van der Waals surface area contributed by atoms with Crippen molar-refractivity contribution in [1.82, 2.24) is 19.9 Å². The van der Waals surface area contributed by atoms with Gasteiger partial charge in [-0.05, 0) is 25.9 Å². The zero-order valence-corrected chi connectivity index (χ0v) is 11.9. The smallest absolute Gasteiger partial charge is 0.244 e. The molecule has 0 atom stereocenters. The fourth-order valence-electron chi connectivity index (χ4n) is 2.12. The van der Waals surface area contributed by atoms with Gasteiger partial charge in [-0.2, -0.15) is 15.0 Å². The molecular weight excluding hydrogens is 266 g/mol. The fourth-order valence-corrected chi connectivity index (χ4v) is 2.20. The lowest BCUT2D eigenvalue weighted by atomic mass is 10.1. The van der Waals surface area contributed by atoms with Crippen LogP contribution in [0.3, 0.4) is 0 Å². The van der Waals surface area contributed by atoms with Crippen LogP contribution in [-0.2, 0) is 0 Å². The van der Waals surface area contributed by atoms with Gasteiger partial charge < -0.3 is 15.5 Å². The Hall–Kier alpha value is -1.34. The topological polar surface area (TPSA) is 78.0 Å². The molecule has 1 aliphatic rings. The number of nitrogens with zero attached hydrogens (tertiary/aromatic N) is 4. The highest BCUT2D eigenvalue weighted by Gasteiger charge is 2.10. The van der Waals surface area contributed by atoms with E-state index < -0.39 is 0 Å². The molecule has 0 aromatic carbocycles. The van der Waals surface area contributed by atoms with Crippen molar-refractivity contribution in [2.75, 3.05) is 48.7 Å². The van der Waals surface area contributed by atoms with Gasteiger partial charge in [-0.1, -0.05) is 6.42 Å². The summed E-state index contributed by atoms with van der Waals surface area (Å²) in [6.07, 6.45) is 3.96. The van der Waals surface area contributed by atoms with Crippen molar-refractivity contribution in [2.45, 2.75) is 19.3 Å². The molecule has 0 aliphatic carbocycles. The first-order chi connectivity index (χ1) is 9.31. The van der Waals surface area contributed by atoms with Crippen molar-refractivity contribution in [2.24, 2.45) is 0 Å². The molecule has 0 bridgehead atoms. The summed E-state index contributed by atoms with van der Waals surface area (Å²) in [7, 11) is 1.75. The van der Waals surface area contributed by atoms with Crippen LogP contribution in [-0.4, -0.2) is 53.1 Å². The van der Waals surface area contributed by atoms with E-state index in [2.05, 4.69) is 35.3 Å². The van der Waals surface area contributed by atoms with E-state index in [9.17, 15) is 0 Å². The highest BCUT2D eigenvalue weighted by atomic mass is 35.5. The van der Waals surface area contributed by atoms with Gasteiger partial charge in [0, 0.05) is 31.9 Å². The molecule has 106 valence electrons.